The van der Waals surface area contributed by atoms with Crippen LogP contribution in [0.4, 0.5) is 0 Å². The van der Waals surface area contributed by atoms with Crippen LogP contribution in [0.3, 0.4) is 0 Å². The Morgan fingerprint density at radius 2 is 1.86 bits per heavy atom. The maximum atomic E-state index is 13.0. The third-order valence-electron chi connectivity index (χ3n) is 7.17. The minimum atomic E-state index is -0.0995. The number of piperidine rings is 1. The number of likely N-dealkylation sites (tertiary alicyclic amines) is 1. The van der Waals surface area contributed by atoms with Crippen molar-refractivity contribution in [3.63, 3.8) is 0 Å². The van der Waals surface area contributed by atoms with E-state index in [0.717, 1.165) is 32.2 Å². The predicted molar refractivity (Wildman–Crippen MR) is 109 cm³/mol. The van der Waals surface area contributed by atoms with E-state index < -0.39 is 0 Å². The Labute approximate surface area is 168 Å². The summed E-state index contributed by atoms with van der Waals surface area (Å²) < 4.78 is 5.13. The molecule has 1 aromatic rings. The van der Waals surface area contributed by atoms with Crippen molar-refractivity contribution in [3.8, 4) is 0 Å². The van der Waals surface area contributed by atoms with E-state index in [1.165, 1.54) is 11.1 Å². The molecule has 3 aliphatic rings. The van der Waals surface area contributed by atoms with Crippen molar-refractivity contribution in [2.45, 2.75) is 77.2 Å². The molecule has 0 N–H and O–H groups in total. The molecule has 1 aliphatic carbocycles. The number of hydrogen-bond donors (Lipinski definition) is 0. The third kappa shape index (κ3) is 3.58. The Hall–Kier alpha value is -1.84. The van der Waals surface area contributed by atoms with Gasteiger partial charge in [-0.3, -0.25) is 9.59 Å². The minimum absolute atomic E-state index is 0.0340. The number of esters is 1. The molecule has 4 rings (SSSR count). The number of cyclic esters (lactones) is 1. The molecule has 2 atom stereocenters. The molecule has 2 saturated heterocycles. The van der Waals surface area contributed by atoms with E-state index in [2.05, 4.69) is 56.9 Å². The summed E-state index contributed by atoms with van der Waals surface area (Å²) in [7, 11) is 0. The molecular weight excluding hydrogens is 350 g/mol. The fourth-order valence-corrected chi connectivity index (χ4v) is 5.36. The SMILES string of the molecule is C[C@H]1C[C@H](c2ccc(C(C)(C)C)cc2)CCN1C(=O)C1CC2(COC(=O)C2)C1. The van der Waals surface area contributed by atoms with Crippen molar-refractivity contribution in [2.75, 3.05) is 13.2 Å². The van der Waals surface area contributed by atoms with Gasteiger partial charge in [-0.25, -0.2) is 0 Å². The molecule has 4 nitrogen and oxygen atoms in total. The fraction of sp³-hybridized carbons (Fsp3) is 0.667. The molecule has 28 heavy (non-hydrogen) atoms. The van der Waals surface area contributed by atoms with E-state index in [1.807, 2.05) is 0 Å². The summed E-state index contributed by atoms with van der Waals surface area (Å²) >= 11 is 0. The topological polar surface area (TPSA) is 46.6 Å². The summed E-state index contributed by atoms with van der Waals surface area (Å²) in [4.78, 5) is 26.5. The quantitative estimate of drug-likeness (QED) is 0.710. The lowest BCUT2D eigenvalue weighted by Crippen LogP contribution is -2.52. The lowest BCUT2D eigenvalue weighted by atomic mass is 9.61. The van der Waals surface area contributed by atoms with Gasteiger partial charge in [0.2, 0.25) is 5.91 Å². The molecule has 2 aliphatic heterocycles. The maximum Gasteiger partial charge on any atom is 0.306 e. The van der Waals surface area contributed by atoms with E-state index in [-0.39, 0.29) is 28.8 Å². The molecule has 4 heteroatoms. The van der Waals surface area contributed by atoms with Crippen molar-refractivity contribution >= 4 is 11.9 Å². The van der Waals surface area contributed by atoms with Gasteiger partial charge in [0.15, 0.2) is 0 Å². The zero-order valence-corrected chi connectivity index (χ0v) is 17.7. The number of carbonyl (C=O) groups excluding carboxylic acids is 2. The van der Waals surface area contributed by atoms with Crippen molar-refractivity contribution in [3.05, 3.63) is 35.4 Å². The second kappa shape index (κ2) is 6.89. The van der Waals surface area contributed by atoms with Gasteiger partial charge in [-0.05, 0) is 55.1 Å². The van der Waals surface area contributed by atoms with Crippen LogP contribution in [0.1, 0.15) is 76.8 Å². The highest BCUT2D eigenvalue weighted by atomic mass is 16.5. The van der Waals surface area contributed by atoms with Gasteiger partial charge in [0.25, 0.3) is 0 Å². The number of hydrogen-bond acceptors (Lipinski definition) is 3. The average Bonchev–Trinajstić information content (AvgIpc) is 3.01. The maximum absolute atomic E-state index is 13.0. The molecule has 152 valence electrons. The highest BCUT2D eigenvalue weighted by Crippen LogP contribution is 2.52. The monoisotopic (exact) mass is 383 g/mol. The van der Waals surface area contributed by atoms with E-state index in [1.54, 1.807) is 0 Å². The largest absolute Gasteiger partial charge is 0.465 e. The Bertz CT molecular complexity index is 755. The average molecular weight is 384 g/mol. The predicted octanol–water partition coefficient (Wildman–Crippen LogP) is 4.42. The van der Waals surface area contributed by atoms with Gasteiger partial charge in [0.1, 0.15) is 0 Å². The van der Waals surface area contributed by atoms with Gasteiger partial charge >= 0.3 is 5.97 Å². The minimum Gasteiger partial charge on any atom is -0.465 e. The molecule has 1 aromatic carbocycles. The highest BCUT2D eigenvalue weighted by molar-refractivity contribution is 5.81. The second-order valence-electron chi connectivity index (χ2n) is 10.4. The Morgan fingerprint density at radius 3 is 2.39 bits per heavy atom. The van der Waals surface area contributed by atoms with Crippen molar-refractivity contribution in [1.82, 2.24) is 4.90 Å². The molecular formula is C24H33NO3. The van der Waals surface area contributed by atoms with E-state index in [9.17, 15) is 9.59 Å². The van der Waals surface area contributed by atoms with Crippen LogP contribution >= 0.6 is 0 Å². The van der Waals surface area contributed by atoms with Crippen LogP contribution in [0.25, 0.3) is 0 Å². The van der Waals surface area contributed by atoms with Crippen molar-refractivity contribution in [1.29, 1.82) is 0 Å². The zero-order chi connectivity index (χ0) is 20.1. The number of carbonyl (C=O) groups is 2. The van der Waals surface area contributed by atoms with Crippen LogP contribution in [-0.4, -0.2) is 36.0 Å². The van der Waals surface area contributed by atoms with Gasteiger partial charge in [-0.2, -0.15) is 0 Å². The molecule has 2 heterocycles. The lowest BCUT2D eigenvalue weighted by molar-refractivity contribution is -0.147. The van der Waals surface area contributed by atoms with Gasteiger partial charge in [0, 0.05) is 23.9 Å². The first kappa shape index (κ1) is 19.5. The summed E-state index contributed by atoms with van der Waals surface area (Å²) in [6.45, 7) is 10.3. The summed E-state index contributed by atoms with van der Waals surface area (Å²) in [5, 5.41) is 0. The molecule has 3 fully saturated rings. The smallest absolute Gasteiger partial charge is 0.306 e. The molecule has 0 aromatic heterocycles. The molecule has 1 amide bonds. The first-order valence-corrected chi connectivity index (χ1v) is 10.7. The number of benzene rings is 1. The van der Waals surface area contributed by atoms with Crippen molar-refractivity contribution in [2.24, 2.45) is 11.3 Å². The van der Waals surface area contributed by atoms with Crippen LogP contribution in [0, 0.1) is 11.3 Å². The van der Waals surface area contributed by atoms with Gasteiger partial charge in [-0.1, -0.05) is 45.0 Å². The van der Waals surface area contributed by atoms with Crippen LogP contribution in [0.5, 0.6) is 0 Å². The third-order valence-corrected chi connectivity index (χ3v) is 7.17. The van der Waals surface area contributed by atoms with E-state index in [4.69, 9.17) is 4.74 Å². The summed E-state index contributed by atoms with van der Waals surface area (Å²) in [6.07, 6.45) is 4.19. The number of ether oxygens (including phenoxy) is 1. The van der Waals surface area contributed by atoms with Crippen LogP contribution in [-0.2, 0) is 19.7 Å². The molecule has 0 radical (unpaired) electrons. The number of amides is 1. The Kier molecular flexibility index (Phi) is 4.79. The highest BCUT2D eigenvalue weighted by Gasteiger charge is 2.53. The fourth-order valence-electron chi connectivity index (χ4n) is 5.36. The summed E-state index contributed by atoms with van der Waals surface area (Å²) in [5.74, 6) is 0.804. The Morgan fingerprint density at radius 1 is 1.18 bits per heavy atom. The van der Waals surface area contributed by atoms with E-state index in [0.29, 0.717) is 24.9 Å². The Balaban J connectivity index is 1.34. The van der Waals surface area contributed by atoms with Crippen LogP contribution in [0.15, 0.2) is 24.3 Å². The summed E-state index contributed by atoms with van der Waals surface area (Å²) in [5.41, 5.74) is 2.91. The second-order valence-corrected chi connectivity index (χ2v) is 10.4. The van der Waals surface area contributed by atoms with Crippen molar-refractivity contribution < 1.29 is 14.3 Å². The molecule has 1 spiro atoms. The first-order chi connectivity index (χ1) is 13.2. The molecule has 0 unspecified atom stereocenters. The number of nitrogens with zero attached hydrogens (tertiary/aromatic N) is 1. The summed E-state index contributed by atoms with van der Waals surface area (Å²) in [6, 6.07) is 9.35. The van der Waals surface area contributed by atoms with Crippen LogP contribution < -0.4 is 0 Å². The first-order valence-electron chi connectivity index (χ1n) is 10.7. The zero-order valence-electron chi connectivity index (χ0n) is 17.7. The van der Waals surface area contributed by atoms with Gasteiger partial charge in [0.05, 0.1) is 13.0 Å². The van der Waals surface area contributed by atoms with E-state index >= 15 is 0 Å². The normalized spacial score (nSPS) is 32.9. The standard InChI is InChI=1S/C24H33NO3/c1-16-11-18(17-5-7-20(8-6-17)23(2,3)4)9-10-25(16)22(27)19-12-24(13-19)14-21(26)28-15-24/h5-8,16,18-19H,9-15H2,1-4H3/t16-,18+,19?,24?/m0/s1. The van der Waals surface area contributed by atoms with Crippen LogP contribution in [0.2, 0.25) is 0 Å². The van der Waals surface area contributed by atoms with Gasteiger partial charge in [-0.15, -0.1) is 0 Å². The van der Waals surface area contributed by atoms with Gasteiger partial charge < -0.3 is 9.64 Å². The lowest BCUT2D eigenvalue weighted by Gasteiger charge is -2.46. The number of rotatable bonds is 2. The molecule has 1 saturated carbocycles. The molecule has 0 bridgehead atoms.